The highest BCUT2D eigenvalue weighted by atomic mass is 15.3. The van der Waals surface area contributed by atoms with Crippen LogP contribution in [0.25, 0.3) is 0 Å². The van der Waals surface area contributed by atoms with Gasteiger partial charge in [0.05, 0.1) is 29.7 Å². The Hall–Kier alpha value is -1.78. The molecule has 0 unspecified atom stereocenters. The number of hydrogen-bond donors (Lipinski definition) is 1. The molecule has 0 saturated heterocycles. The molecular formula is C11H15N5. The number of nitrogens with two attached hydrogens (primary N) is 1. The fourth-order valence-corrected chi connectivity index (χ4v) is 2.28. The van der Waals surface area contributed by atoms with E-state index < -0.39 is 0 Å². The topological polar surface area (TPSA) is 61.7 Å². The first kappa shape index (κ1) is 9.45. The number of rotatable bonds is 2. The molecule has 0 amide bonds. The van der Waals surface area contributed by atoms with E-state index in [0.29, 0.717) is 12.1 Å². The molecule has 2 N–H and O–H groups in total. The molecule has 3 rings (SSSR count). The van der Waals surface area contributed by atoms with E-state index in [2.05, 4.69) is 10.2 Å². The van der Waals surface area contributed by atoms with Crippen LogP contribution in [0.15, 0.2) is 24.7 Å². The molecule has 2 heterocycles. The Labute approximate surface area is 93.9 Å². The summed E-state index contributed by atoms with van der Waals surface area (Å²) in [4.78, 5) is 0. The number of anilines is 1. The predicted octanol–water partition coefficient (Wildman–Crippen LogP) is 1.55. The lowest BCUT2D eigenvalue weighted by molar-refractivity contribution is 0.173. The highest BCUT2D eigenvalue weighted by Gasteiger charge is 2.33. The summed E-state index contributed by atoms with van der Waals surface area (Å²) in [7, 11) is 0. The second-order valence-corrected chi connectivity index (χ2v) is 4.40. The zero-order valence-electron chi connectivity index (χ0n) is 9.24. The van der Waals surface area contributed by atoms with Gasteiger partial charge in [0.25, 0.3) is 0 Å². The first-order valence-electron chi connectivity index (χ1n) is 5.54. The molecule has 0 aliphatic heterocycles. The SMILES string of the molecule is Cc1c(N)cnn1C1CC(n2cccn2)C1. The van der Waals surface area contributed by atoms with Gasteiger partial charge in [0.2, 0.25) is 0 Å². The summed E-state index contributed by atoms with van der Waals surface area (Å²) in [6.45, 7) is 2.02. The van der Waals surface area contributed by atoms with Gasteiger partial charge in [-0.3, -0.25) is 9.36 Å². The van der Waals surface area contributed by atoms with Crippen LogP contribution in [0.2, 0.25) is 0 Å². The Kier molecular flexibility index (Phi) is 1.99. The normalized spacial score (nSPS) is 24.3. The lowest BCUT2D eigenvalue weighted by Gasteiger charge is -2.36. The maximum Gasteiger partial charge on any atom is 0.0730 e. The van der Waals surface area contributed by atoms with Gasteiger partial charge in [0.15, 0.2) is 0 Å². The lowest BCUT2D eigenvalue weighted by atomic mass is 9.87. The number of nitrogens with zero attached hydrogens (tertiary/aromatic N) is 4. The van der Waals surface area contributed by atoms with Gasteiger partial charge in [-0.15, -0.1) is 0 Å². The second kappa shape index (κ2) is 3.37. The van der Waals surface area contributed by atoms with Gasteiger partial charge in [0.1, 0.15) is 0 Å². The predicted molar refractivity (Wildman–Crippen MR) is 60.9 cm³/mol. The van der Waals surface area contributed by atoms with Crippen LogP contribution in [0.1, 0.15) is 30.6 Å². The highest BCUT2D eigenvalue weighted by Crippen LogP contribution is 2.41. The van der Waals surface area contributed by atoms with Crippen molar-refractivity contribution in [3.8, 4) is 0 Å². The van der Waals surface area contributed by atoms with Gasteiger partial charge in [0, 0.05) is 12.4 Å². The summed E-state index contributed by atoms with van der Waals surface area (Å²) in [5.41, 5.74) is 7.64. The van der Waals surface area contributed by atoms with Gasteiger partial charge in [-0.25, -0.2) is 0 Å². The van der Waals surface area contributed by atoms with Crippen LogP contribution in [0.3, 0.4) is 0 Å². The average molecular weight is 217 g/mol. The number of nitrogen functional groups attached to an aromatic ring is 1. The molecule has 1 fully saturated rings. The lowest BCUT2D eigenvalue weighted by Crippen LogP contribution is -2.30. The maximum atomic E-state index is 5.79. The molecule has 5 nitrogen and oxygen atoms in total. The van der Waals surface area contributed by atoms with Crippen molar-refractivity contribution in [2.24, 2.45) is 0 Å². The number of aromatic nitrogens is 4. The molecule has 1 saturated carbocycles. The van der Waals surface area contributed by atoms with E-state index in [9.17, 15) is 0 Å². The molecule has 0 radical (unpaired) electrons. The van der Waals surface area contributed by atoms with E-state index >= 15 is 0 Å². The van der Waals surface area contributed by atoms with E-state index in [-0.39, 0.29) is 0 Å². The largest absolute Gasteiger partial charge is 0.396 e. The zero-order valence-corrected chi connectivity index (χ0v) is 9.24. The molecular weight excluding hydrogens is 202 g/mol. The molecule has 2 aromatic heterocycles. The first-order chi connectivity index (χ1) is 7.75. The van der Waals surface area contributed by atoms with Crippen LogP contribution in [-0.2, 0) is 0 Å². The van der Waals surface area contributed by atoms with Crippen LogP contribution in [0.5, 0.6) is 0 Å². The van der Waals surface area contributed by atoms with E-state index in [1.165, 1.54) is 0 Å². The molecule has 0 bridgehead atoms. The molecule has 84 valence electrons. The Morgan fingerprint density at radius 3 is 2.69 bits per heavy atom. The molecule has 0 atom stereocenters. The van der Waals surface area contributed by atoms with E-state index in [1.54, 1.807) is 6.20 Å². The fraction of sp³-hybridized carbons (Fsp3) is 0.455. The van der Waals surface area contributed by atoms with Crippen molar-refractivity contribution in [3.63, 3.8) is 0 Å². The van der Waals surface area contributed by atoms with Crippen LogP contribution in [0, 0.1) is 6.92 Å². The van der Waals surface area contributed by atoms with Gasteiger partial charge >= 0.3 is 0 Å². The summed E-state index contributed by atoms with van der Waals surface area (Å²) in [5, 5.41) is 8.57. The monoisotopic (exact) mass is 217 g/mol. The van der Waals surface area contributed by atoms with Gasteiger partial charge in [-0.1, -0.05) is 0 Å². The average Bonchev–Trinajstić information content (AvgIpc) is 2.81. The standard InChI is InChI=1S/C11H15N5/c1-8-11(12)7-14-16(8)10-5-9(6-10)15-4-2-3-13-15/h2-4,7,9-10H,5-6,12H2,1H3. The molecule has 1 aliphatic rings. The number of hydrogen-bond acceptors (Lipinski definition) is 3. The van der Waals surface area contributed by atoms with Crippen molar-refractivity contribution < 1.29 is 0 Å². The molecule has 1 aliphatic carbocycles. The Bertz CT molecular complexity index is 478. The molecule has 0 aromatic carbocycles. The van der Waals surface area contributed by atoms with Crippen molar-refractivity contribution >= 4 is 5.69 Å². The van der Waals surface area contributed by atoms with Crippen molar-refractivity contribution in [1.82, 2.24) is 19.6 Å². The second-order valence-electron chi connectivity index (χ2n) is 4.40. The molecule has 2 aromatic rings. The van der Waals surface area contributed by atoms with Gasteiger partial charge in [-0.2, -0.15) is 10.2 Å². The summed E-state index contributed by atoms with van der Waals surface area (Å²) in [6.07, 6.45) is 7.75. The van der Waals surface area contributed by atoms with Crippen molar-refractivity contribution in [1.29, 1.82) is 0 Å². The Balaban J connectivity index is 1.72. The summed E-state index contributed by atoms with van der Waals surface area (Å²) >= 11 is 0. The maximum absolute atomic E-state index is 5.79. The minimum Gasteiger partial charge on any atom is -0.396 e. The summed E-state index contributed by atoms with van der Waals surface area (Å²) < 4.78 is 4.06. The van der Waals surface area contributed by atoms with Crippen molar-refractivity contribution in [2.75, 3.05) is 5.73 Å². The van der Waals surface area contributed by atoms with Crippen molar-refractivity contribution in [2.45, 2.75) is 31.8 Å². The van der Waals surface area contributed by atoms with Crippen LogP contribution in [-0.4, -0.2) is 19.6 Å². The quantitative estimate of drug-likeness (QED) is 0.830. The van der Waals surface area contributed by atoms with Crippen LogP contribution >= 0.6 is 0 Å². The molecule has 0 spiro atoms. The fourth-order valence-electron chi connectivity index (χ4n) is 2.28. The third-order valence-corrected chi connectivity index (χ3v) is 3.42. The Morgan fingerprint density at radius 1 is 1.31 bits per heavy atom. The highest BCUT2D eigenvalue weighted by molar-refractivity contribution is 5.40. The zero-order chi connectivity index (χ0) is 11.1. The minimum absolute atomic E-state index is 0.478. The first-order valence-corrected chi connectivity index (χ1v) is 5.54. The third-order valence-electron chi connectivity index (χ3n) is 3.42. The van der Waals surface area contributed by atoms with E-state index in [0.717, 1.165) is 24.2 Å². The third kappa shape index (κ3) is 1.31. The van der Waals surface area contributed by atoms with Gasteiger partial charge < -0.3 is 5.73 Å². The molecule has 16 heavy (non-hydrogen) atoms. The van der Waals surface area contributed by atoms with Crippen LogP contribution < -0.4 is 5.73 Å². The Morgan fingerprint density at radius 2 is 2.12 bits per heavy atom. The van der Waals surface area contributed by atoms with Gasteiger partial charge in [-0.05, 0) is 25.8 Å². The summed E-state index contributed by atoms with van der Waals surface area (Å²) in [6, 6.07) is 2.96. The van der Waals surface area contributed by atoms with Crippen LogP contribution in [0.4, 0.5) is 5.69 Å². The minimum atomic E-state index is 0.478. The molecule has 5 heteroatoms. The summed E-state index contributed by atoms with van der Waals surface area (Å²) in [5.74, 6) is 0. The van der Waals surface area contributed by atoms with E-state index in [4.69, 9.17) is 5.73 Å². The van der Waals surface area contributed by atoms with E-state index in [1.807, 2.05) is 34.7 Å². The van der Waals surface area contributed by atoms with Crippen molar-refractivity contribution in [3.05, 3.63) is 30.4 Å². The smallest absolute Gasteiger partial charge is 0.0730 e.